The summed E-state index contributed by atoms with van der Waals surface area (Å²) < 4.78 is -0.531. The van der Waals surface area contributed by atoms with E-state index in [1.54, 1.807) is 13.8 Å². The lowest BCUT2D eigenvalue weighted by atomic mass is 9.81. The molecular weight excluding hydrogens is 1270 g/mol. The zero-order valence-electron chi connectivity index (χ0n) is 52.0. The number of carbonyl (C=O) groups is 4. The van der Waals surface area contributed by atoms with Gasteiger partial charge in [0.2, 0.25) is 5.24 Å². The number of hydrogen-bond donors (Lipinski definition) is 1. The molecule has 4 aliphatic rings. The van der Waals surface area contributed by atoms with Crippen molar-refractivity contribution in [2.75, 3.05) is 0 Å². The number of alkyl halides is 1. The molecule has 1 N–H and O–H groups in total. The topological polar surface area (TPSA) is 88.5 Å². The molecule has 9 heteroatoms. The van der Waals surface area contributed by atoms with Crippen molar-refractivity contribution in [1.82, 2.24) is 0 Å². The molecule has 0 spiro atoms. The standard InChI is InChI=1S/C19H19BrO.C19H20O2.C19H20O.C15H14.C4H7ClO.Br2/c1-18(2)15-8-6-5-7-13(15)14-10-9-12(11-16(14)18)17(21)19(3,4)20;1-18(2)15-8-6-5-7-13(15)14-10-9-12(11-16(14)18)17(20)19(3,4)21;1-12(2)18(20)13-9-10-15-14-7-5-6-8-16(14)19(3,4)17(15)11-13;1-15(2)13-9-5-3-7-11(13)12-8-4-6-10-14(12)15;1-3(2)4(5)6;1-2/h5-11H,1-4H3;5-11,21H,1-4H3;5-12H,1-4H3;3-10H,1-2H3;3H,1-2H3;. The lowest BCUT2D eigenvalue weighted by molar-refractivity contribution is -0.114. The number of fused-ring (bicyclic) bond motifs is 12. The first kappa shape index (κ1) is 66.7. The molecule has 0 aromatic heterocycles. The molecule has 12 rings (SSSR count). The predicted molar refractivity (Wildman–Crippen MR) is 367 cm³/mol. The van der Waals surface area contributed by atoms with Gasteiger partial charge >= 0.3 is 0 Å². The van der Waals surface area contributed by atoms with Gasteiger partial charge in [-0.2, -0.15) is 0 Å². The normalized spacial score (nSPS) is 14.7. The maximum Gasteiger partial charge on any atom is 0.224 e. The van der Waals surface area contributed by atoms with E-state index in [-0.39, 0.29) is 56.1 Å². The Bertz CT molecular complexity index is 3650. The van der Waals surface area contributed by atoms with Crippen molar-refractivity contribution in [1.29, 1.82) is 0 Å². The summed E-state index contributed by atoms with van der Waals surface area (Å²) in [4.78, 5) is 46.9. The summed E-state index contributed by atoms with van der Waals surface area (Å²) in [7, 11) is 0. The molecular formula is C76H80Br3ClO5. The van der Waals surface area contributed by atoms with Crippen molar-refractivity contribution >= 4 is 78.4 Å². The lowest BCUT2D eigenvalue weighted by Crippen LogP contribution is -2.31. The second kappa shape index (κ2) is 25.8. The average molecular weight is 1350 g/mol. The Morgan fingerprint density at radius 2 is 0.600 bits per heavy atom. The van der Waals surface area contributed by atoms with Crippen molar-refractivity contribution in [3.05, 3.63) is 237 Å². The van der Waals surface area contributed by atoms with Crippen LogP contribution < -0.4 is 0 Å². The minimum absolute atomic E-state index is 0.0216. The van der Waals surface area contributed by atoms with Crippen molar-refractivity contribution < 1.29 is 24.3 Å². The van der Waals surface area contributed by atoms with Gasteiger partial charge in [-0.1, -0.05) is 257 Å². The molecule has 4 aliphatic carbocycles. The Balaban J connectivity index is 0.000000156. The molecule has 0 atom stereocenters. The van der Waals surface area contributed by atoms with E-state index < -0.39 is 9.93 Å². The van der Waals surface area contributed by atoms with Gasteiger partial charge in [-0.15, -0.1) is 0 Å². The molecule has 0 saturated carbocycles. The Morgan fingerprint density at radius 3 is 0.847 bits per heavy atom. The van der Waals surface area contributed by atoms with Gasteiger partial charge in [0.15, 0.2) is 17.3 Å². The van der Waals surface area contributed by atoms with Gasteiger partial charge in [0.25, 0.3) is 0 Å². The molecule has 0 unspecified atom stereocenters. The molecule has 442 valence electrons. The highest BCUT2D eigenvalue weighted by Gasteiger charge is 2.40. The van der Waals surface area contributed by atoms with Crippen LogP contribution in [0.4, 0.5) is 0 Å². The van der Waals surface area contributed by atoms with Crippen LogP contribution in [0.2, 0.25) is 0 Å². The van der Waals surface area contributed by atoms with E-state index in [2.05, 4.69) is 239 Å². The number of benzene rings is 8. The van der Waals surface area contributed by atoms with Crippen LogP contribution in [-0.4, -0.2) is 37.6 Å². The molecule has 8 aromatic carbocycles. The zero-order chi connectivity index (χ0) is 62.9. The Hall–Kier alpha value is -5.87. The van der Waals surface area contributed by atoms with Gasteiger partial charge in [-0.3, -0.25) is 19.2 Å². The van der Waals surface area contributed by atoms with Gasteiger partial charge in [0, 0.05) is 78.4 Å². The van der Waals surface area contributed by atoms with E-state index in [9.17, 15) is 24.3 Å². The second-order valence-corrected chi connectivity index (χ2v) is 28.5. The van der Waals surface area contributed by atoms with Crippen molar-refractivity contribution in [2.45, 2.75) is 142 Å². The Kier molecular flexibility index (Phi) is 20.3. The van der Waals surface area contributed by atoms with Crippen LogP contribution in [-0.2, 0) is 26.5 Å². The molecule has 8 aromatic rings. The summed E-state index contributed by atoms with van der Waals surface area (Å²) in [6, 6.07) is 60.9. The monoisotopic (exact) mass is 1340 g/mol. The van der Waals surface area contributed by atoms with Gasteiger partial charge in [-0.25, -0.2) is 0 Å². The number of ketones is 3. The van der Waals surface area contributed by atoms with Crippen molar-refractivity contribution in [3.8, 4) is 44.5 Å². The third-order valence-electron chi connectivity index (χ3n) is 17.1. The van der Waals surface area contributed by atoms with Crippen LogP contribution in [0.3, 0.4) is 0 Å². The second-order valence-electron chi connectivity index (χ2n) is 26.2. The largest absolute Gasteiger partial charge is 0.382 e. The first-order valence-electron chi connectivity index (χ1n) is 29.0. The molecule has 0 bridgehead atoms. The third kappa shape index (κ3) is 13.4. The van der Waals surface area contributed by atoms with Gasteiger partial charge in [-0.05, 0) is 147 Å². The first-order valence-corrected chi connectivity index (χ1v) is 33.9. The Labute approximate surface area is 534 Å². The highest BCUT2D eigenvalue weighted by Crippen LogP contribution is 2.52. The van der Waals surface area contributed by atoms with E-state index in [1.807, 2.05) is 64.1 Å². The summed E-state index contributed by atoms with van der Waals surface area (Å²) >= 11 is 13.9. The number of hydrogen-bond acceptors (Lipinski definition) is 5. The van der Waals surface area contributed by atoms with E-state index in [4.69, 9.17) is 11.6 Å². The van der Waals surface area contributed by atoms with Crippen LogP contribution in [0.25, 0.3) is 44.5 Å². The first-order chi connectivity index (χ1) is 39.7. The van der Waals surface area contributed by atoms with Crippen molar-refractivity contribution in [2.24, 2.45) is 11.8 Å². The minimum Gasteiger partial charge on any atom is -0.382 e. The fraction of sp³-hybridized carbons (Fsp3) is 0.316. The SMILES string of the molecule is BrBr.CC(C)(Br)C(=O)c1ccc2c(c1)C(C)(C)c1ccccc1-2.CC(C)(O)C(=O)c1ccc2c(c1)C(C)(C)c1ccccc1-2.CC(C)C(=O)Cl.CC(C)C(=O)c1ccc2c(c1)C(C)(C)c1ccccc1-2.CC1(C)c2ccccc2-c2ccccc21. The summed E-state index contributed by atoms with van der Waals surface area (Å²) in [6.07, 6.45) is 0. The fourth-order valence-electron chi connectivity index (χ4n) is 12.2. The molecule has 0 aliphatic heterocycles. The van der Waals surface area contributed by atoms with E-state index in [1.165, 1.54) is 97.3 Å². The van der Waals surface area contributed by atoms with Crippen LogP contribution in [0.15, 0.2) is 176 Å². The maximum atomic E-state index is 12.5. The fourth-order valence-corrected chi connectivity index (χ4v) is 12.5. The van der Waals surface area contributed by atoms with Crippen LogP contribution >= 0.6 is 55.8 Å². The van der Waals surface area contributed by atoms with Crippen molar-refractivity contribution in [3.63, 3.8) is 0 Å². The molecule has 0 fully saturated rings. The van der Waals surface area contributed by atoms with Gasteiger partial charge in [0.1, 0.15) is 5.60 Å². The third-order valence-corrected chi connectivity index (χ3v) is 17.9. The Morgan fingerprint density at radius 1 is 0.376 bits per heavy atom. The lowest BCUT2D eigenvalue weighted by Gasteiger charge is -2.22. The molecule has 85 heavy (non-hydrogen) atoms. The molecule has 0 amide bonds. The number of halogens is 4. The smallest absolute Gasteiger partial charge is 0.224 e. The van der Waals surface area contributed by atoms with Crippen LogP contribution in [0.5, 0.6) is 0 Å². The zero-order valence-corrected chi connectivity index (χ0v) is 57.5. The summed E-state index contributed by atoms with van der Waals surface area (Å²) in [5.74, 6) is 0.125. The molecule has 0 radical (unpaired) electrons. The number of Topliss-reactive ketones (excluding diaryl/α,β-unsaturated/α-hetero) is 3. The maximum absolute atomic E-state index is 12.5. The highest BCUT2D eigenvalue weighted by molar-refractivity contribution is 9.93. The van der Waals surface area contributed by atoms with Gasteiger partial charge in [0.05, 0.1) is 4.32 Å². The molecule has 5 nitrogen and oxygen atoms in total. The highest BCUT2D eigenvalue weighted by atomic mass is 80.9. The van der Waals surface area contributed by atoms with E-state index in [0.29, 0.717) is 5.56 Å². The summed E-state index contributed by atoms with van der Waals surface area (Å²) in [5, 5.41) is 9.67. The van der Waals surface area contributed by atoms with E-state index in [0.717, 1.165) is 16.7 Å². The summed E-state index contributed by atoms with van der Waals surface area (Å²) in [6.45, 7) is 32.2. The van der Waals surface area contributed by atoms with E-state index >= 15 is 0 Å². The molecule has 0 saturated heterocycles. The number of rotatable bonds is 7. The molecule has 0 heterocycles. The predicted octanol–water partition coefficient (Wildman–Crippen LogP) is 21.2. The number of aliphatic hydroxyl groups is 1. The van der Waals surface area contributed by atoms with Crippen LogP contribution in [0.1, 0.15) is 186 Å². The summed E-state index contributed by atoms with van der Waals surface area (Å²) in [5.41, 5.74) is 21.7. The average Bonchev–Trinajstić information content (AvgIpc) is 1.87. The van der Waals surface area contributed by atoms with Gasteiger partial charge < -0.3 is 5.11 Å². The minimum atomic E-state index is -1.34. The quantitative estimate of drug-likeness (QED) is 0.0976. The number of carbonyl (C=O) groups excluding carboxylic acids is 4. The van der Waals surface area contributed by atoms with Crippen LogP contribution in [0, 0.1) is 11.8 Å².